The molecule has 206 valence electrons. The minimum Gasteiger partial charge on any atom is -0.384 e. The monoisotopic (exact) mass is 521 g/mol. The van der Waals surface area contributed by atoms with E-state index in [0.29, 0.717) is 37.8 Å². The lowest BCUT2D eigenvalue weighted by Crippen LogP contribution is -2.61. The number of alkyl halides is 3. The Kier molecular flexibility index (Phi) is 6.96. The van der Waals surface area contributed by atoms with Gasteiger partial charge in [-0.2, -0.15) is 13.2 Å². The van der Waals surface area contributed by atoms with Crippen LogP contribution in [0.15, 0.2) is 30.3 Å². The van der Waals surface area contributed by atoms with Gasteiger partial charge in [-0.3, -0.25) is 4.79 Å². The average Bonchev–Trinajstić information content (AvgIpc) is 3.21. The van der Waals surface area contributed by atoms with Gasteiger partial charge in [-0.15, -0.1) is 0 Å². The molecule has 4 saturated carbocycles. The van der Waals surface area contributed by atoms with E-state index in [2.05, 4.69) is 6.92 Å². The van der Waals surface area contributed by atoms with E-state index < -0.39 is 11.8 Å². The first kappa shape index (κ1) is 27.0. The van der Waals surface area contributed by atoms with E-state index in [1.807, 2.05) is 42.3 Å². The Balaban J connectivity index is 1.35. The lowest BCUT2D eigenvalue weighted by Gasteiger charge is -2.62. The molecule has 0 unspecified atom stereocenters. The molecule has 4 aliphatic rings. The maximum absolute atomic E-state index is 13.8. The number of fused-ring (bicyclic) bond motifs is 5. The van der Waals surface area contributed by atoms with Crippen LogP contribution < -0.4 is 0 Å². The number of hydrogen-bond donors (Lipinski definition) is 1. The van der Waals surface area contributed by atoms with Crippen LogP contribution in [-0.4, -0.2) is 48.5 Å². The largest absolute Gasteiger partial charge is 0.417 e. The molecule has 1 amide bonds. The Bertz CT molecular complexity index is 986. The molecule has 7 heteroatoms. The van der Waals surface area contributed by atoms with Gasteiger partial charge in [0, 0.05) is 26.6 Å². The lowest BCUT2D eigenvalue weighted by atomic mass is 9.43. The number of hydrogen-bond acceptors (Lipinski definition) is 3. The highest BCUT2D eigenvalue weighted by Gasteiger charge is 2.66. The Labute approximate surface area is 218 Å². The second kappa shape index (κ2) is 9.55. The van der Waals surface area contributed by atoms with Crippen molar-refractivity contribution >= 4 is 5.91 Å². The SMILES string of the molecule is COC[C@]12CC[C@](O)(C(F)(F)F)C[C@H]1CC[C@H]1[C@@H]3CC[C@H](C(=O)N(C)Cc4ccccc4)[C@@]3(C)CC[C@@H]12. The third kappa shape index (κ3) is 4.32. The van der Waals surface area contributed by atoms with Gasteiger partial charge in [0.25, 0.3) is 0 Å². The highest BCUT2D eigenvalue weighted by molar-refractivity contribution is 5.80. The average molecular weight is 522 g/mol. The molecule has 8 atom stereocenters. The fourth-order valence-electron chi connectivity index (χ4n) is 9.46. The van der Waals surface area contributed by atoms with E-state index in [4.69, 9.17) is 4.74 Å². The molecule has 0 saturated heterocycles. The Hall–Kier alpha value is -1.60. The third-order valence-electron chi connectivity index (χ3n) is 11.3. The first-order valence-corrected chi connectivity index (χ1v) is 14.0. The molecule has 5 rings (SSSR count). The highest BCUT2D eigenvalue weighted by atomic mass is 19.4. The van der Waals surface area contributed by atoms with Gasteiger partial charge in [-0.05, 0) is 97.9 Å². The van der Waals surface area contributed by atoms with Crippen LogP contribution in [0.25, 0.3) is 0 Å². The molecule has 0 aromatic heterocycles. The molecule has 4 aliphatic carbocycles. The fraction of sp³-hybridized carbons (Fsp3) is 0.767. The number of carbonyl (C=O) groups excluding carboxylic acids is 1. The zero-order chi connectivity index (χ0) is 26.6. The summed E-state index contributed by atoms with van der Waals surface area (Å²) in [5.74, 6) is 1.13. The fourth-order valence-corrected chi connectivity index (χ4v) is 9.46. The summed E-state index contributed by atoms with van der Waals surface area (Å²) in [5.41, 5.74) is -1.86. The van der Waals surface area contributed by atoms with Gasteiger partial charge in [0.1, 0.15) is 0 Å². The van der Waals surface area contributed by atoms with Crippen molar-refractivity contribution in [3.63, 3.8) is 0 Å². The summed E-state index contributed by atoms with van der Waals surface area (Å²) in [4.78, 5) is 15.6. The van der Waals surface area contributed by atoms with Crippen LogP contribution in [0.3, 0.4) is 0 Å². The van der Waals surface area contributed by atoms with E-state index in [0.717, 1.165) is 37.7 Å². The molecule has 0 aliphatic heterocycles. The second-order valence-corrected chi connectivity index (χ2v) is 12.9. The summed E-state index contributed by atoms with van der Waals surface area (Å²) in [5, 5.41) is 10.6. The molecule has 1 N–H and O–H groups in total. The molecule has 1 aromatic rings. The maximum Gasteiger partial charge on any atom is 0.417 e. The third-order valence-corrected chi connectivity index (χ3v) is 11.3. The van der Waals surface area contributed by atoms with Crippen LogP contribution in [0.5, 0.6) is 0 Å². The molecule has 4 nitrogen and oxygen atoms in total. The number of rotatable bonds is 5. The van der Waals surface area contributed by atoms with E-state index in [1.54, 1.807) is 7.11 Å². The van der Waals surface area contributed by atoms with Crippen LogP contribution in [0.2, 0.25) is 0 Å². The van der Waals surface area contributed by atoms with Crippen LogP contribution in [-0.2, 0) is 16.1 Å². The number of methoxy groups -OCH3 is 1. The van der Waals surface area contributed by atoms with Crippen LogP contribution >= 0.6 is 0 Å². The van der Waals surface area contributed by atoms with Crippen molar-refractivity contribution in [2.75, 3.05) is 20.8 Å². The second-order valence-electron chi connectivity index (χ2n) is 12.9. The molecule has 1 aromatic carbocycles. The quantitative estimate of drug-likeness (QED) is 0.500. The molecular formula is C30H42F3NO3. The number of amides is 1. The van der Waals surface area contributed by atoms with Gasteiger partial charge in [0.2, 0.25) is 5.91 Å². The Morgan fingerprint density at radius 3 is 2.46 bits per heavy atom. The number of carbonyl (C=O) groups is 1. The summed E-state index contributed by atoms with van der Waals surface area (Å²) in [6, 6.07) is 10.1. The van der Waals surface area contributed by atoms with Gasteiger partial charge >= 0.3 is 6.18 Å². The smallest absolute Gasteiger partial charge is 0.384 e. The number of halogens is 3. The summed E-state index contributed by atoms with van der Waals surface area (Å²) >= 11 is 0. The first-order chi connectivity index (χ1) is 17.5. The molecule has 4 fully saturated rings. The van der Waals surface area contributed by atoms with Gasteiger partial charge < -0.3 is 14.7 Å². The Morgan fingerprint density at radius 2 is 1.78 bits per heavy atom. The van der Waals surface area contributed by atoms with Crippen molar-refractivity contribution in [2.24, 2.45) is 40.4 Å². The van der Waals surface area contributed by atoms with Crippen molar-refractivity contribution < 1.29 is 27.8 Å². The normalized spacial score (nSPS) is 41.4. The Morgan fingerprint density at radius 1 is 1.05 bits per heavy atom. The zero-order valence-corrected chi connectivity index (χ0v) is 22.4. The first-order valence-electron chi connectivity index (χ1n) is 14.0. The molecule has 37 heavy (non-hydrogen) atoms. The lowest BCUT2D eigenvalue weighted by molar-refractivity contribution is -0.294. The molecule has 0 spiro atoms. The molecule has 0 bridgehead atoms. The number of aliphatic hydroxyl groups is 1. The number of benzene rings is 1. The molecular weight excluding hydrogens is 479 g/mol. The zero-order valence-electron chi connectivity index (χ0n) is 22.4. The van der Waals surface area contributed by atoms with E-state index >= 15 is 0 Å². The van der Waals surface area contributed by atoms with Crippen molar-refractivity contribution in [2.45, 2.75) is 83.0 Å². The summed E-state index contributed by atoms with van der Waals surface area (Å²) in [6.45, 7) is 3.36. The molecule has 0 radical (unpaired) electrons. The molecule has 0 heterocycles. The van der Waals surface area contributed by atoms with E-state index in [9.17, 15) is 23.1 Å². The van der Waals surface area contributed by atoms with Gasteiger partial charge in [0.05, 0.1) is 6.61 Å². The summed E-state index contributed by atoms with van der Waals surface area (Å²) in [6.07, 6.45) is 0.628. The summed E-state index contributed by atoms with van der Waals surface area (Å²) in [7, 11) is 3.56. The van der Waals surface area contributed by atoms with Gasteiger partial charge in [0.15, 0.2) is 5.60 Å². The maximum atomic E-state index is 13.8. The van der Waals surface area contributed by atoms with Crippen LogP contribution in [0.1, 0.15) is 70.3 Å². The summed E-state index contributed by atoms with van der Waals surface area (Å²) < 4.78 is 47.0. The standard InChI is InChI=1S/C30H42F3NO3/c1-27-14-13-24-22(10-9-21-17-29(36,30(31,32)33)16-15-28(21,24)19-37-3)23(27)11-12-25(27)26(35)34(2)18-20-7-5-4-6-8-20/h4-8,21-25,36H,9-19H2,1-3H3/t21-,22+,23+,24+,25-,27+,28-,29-/m1/s1. The minimum absolute atomic E-state index is 0.00932. The van der Waals surface area contributed by atoms with E-state index in [-0.39, 0.29) is 47.3 Å². The van der Waals surface area contributed by atoms with Crippen molar-refractivity contribution in [3.8, 4) is 0 Å². The van der Waals surface area contributed by atoms with Gasteiger partial charge in [-0.1, -0.05) is 37.3 Å². The van der Waals surface area contributed by atoms with Crippen molar-refractivity contribution in [1.29, 1.82) is 0 Å². The highest BCUT2D eigenvalue weighted by Crippen LogP contribution is 2.69. The van der Waals surface area contributed by atoms with Crippen LogP contribution in [0.4, 0.5) is 13.2 Å². The topological polar surface area (TPSA) is 49.8 Å². The predicted molar refractivity (Wildman–Crippen MR) is 135 cm³/mol. The van der Waals surface area contributed by atoms with Crippen molar-refractivity contribution in [3.05, 3.63) is 35.9 Å². The van der Waals surface area contributed by atoms with Gasteiger partial charge in [-0.25, -0.2) is 0 Å². The predicted octanol–water partition coefficient (Wildman–Crippen LogP) is 6.22. The minimum atomic E-state index is -4.60. The number of nitrogens with zero attached hydrogens (tertiary/aromatic N) is 1. The van der Waals surface area contributed by atoms with Crippen LogP contribution in [0, 0.1) is 40.4 Å². The van der Waals surface area contributed by atoms with E-state index in [1.165, 1.54) is 0 Å². The van der Waals surface area contributed by atoms with Crippen molar-refractivity contribution in [1.82, 2.24) is 4.90 Å². The number of ether oxygens (including phenoxy) is 1.